The monoisotopic (exact) mass is 426 g/mol. The molecule has 2 aromatic rings. The van der Waals surface area contributed by atoms with Crippen molar-refractivity contribution in [3.63, 3.8) is 0 Å². The Bertz CT molecular complexity index is 686. The lowest BCUT2D eigenvalue weighted by atomic mass is 10.1. The number of aromatic amines is 1. The van der Waals surface area contributed by atoms with Crippen molar-refractivity contribution < 1.29 is 13.2 Å². The number of nitrogens with zero attached hydrogens (tertiary/aromatic N) is 1. The van der Waals surface area contributed by atoms with Crippen molar-refractivity contribution in [2.24, 2.45) is 5.92 Å². The molecule has 0 radical (unpaired) electrons. The van der Waals surface area contributed by atoms with Gasteiger partial charge < -0.3 is 0 Å². The molecule has 2 rings (SSSR count). The summed E-state index contributed by atoms with van der Waals surface area (Å²) in [5.41, 5.74) is 0.988. The fraction of sp³-hybridized carbons (Fsp3) is 0.400. The van der Waals surface area contributed by atoms with E-state index in [1.54, 1.807) is 17.8 Å². The van der Waals surface area contributed by atoms with E-state index < -0.39 is 12.6 Å². The molecule has 23 heavy (non-hydrogen) atoms. The average molecular weight is 428 g/mol. The maximum absolute atomic E-state index is 12.6. The second-order valence-electron chi connectivity index (χ2n) is 5.50. The third-order valence-corrected chi connectivity index (χ3v) is 5.53. The highest BCUT2D eigenvalue weighted by atomic mass is 79.9. The predicted octanol–water partition coefficient (Wildman–Crippen LogP) is 6.35. The SMILES string of the molecule is CC(C)CSc1ccc(Cl)c(-c2n[nH]c(CC(F)(F)F)c2Br)c1. The second-order valence-corrected chi connectivity index (χ2v) is 7.80. The molecule has 0 atom stereocenters. The standard InChI is InChI=1S/C15H15BrClF3N2S/c1-8(2)7-23-9-3-4-11(17)10(5-9)14-13(16)12(21-22-14)6-15(18,19)20/h3-5,8H,6-7H2,1-2H3,(H,21,22). The lowest BCUT2D eigenvalue weighted by molar-refractivity contribution is -0.127. The van der Waals surface area contributed by atoms with Crippen molar-refractivity contribution in [1.82, 2.24) is 10.2 Å². The van der Waals surface area contributed by atoms with E-state index in [1.165, 1.54) is 0 Å². The molecule has 0 spiro atoms. The number of nitrogens with one attached hydrogen (secondary N) is 1. The second kappa shape index (κ2) is 7.49. The highest BCUT2D eigenvalue weighted by Crippen LogP contribution is 2.37. The van der Waals surface area contributed by atoms with Crippen LogP contribution < -0.4 is 0 Å². The van der Waals surface area contributed by atoms with Crippen molar-refractivity contribution in [2.45, 2.75) is 31.3 Å². The molecule has 1 N–H and O–H groups in total. The fourth-order valence-corrected chi connectivity index (χ4v) is 3.53. The molecule has 1 heterocycles. The van der Waals surface area contributed by atoms with Gasteiger partial charge in [-0.05, 0) is 40.0 Å². The molecule has 2 nitrogen and oxygen atoms in total. The summed E-state index contributed by atoms with van der Waals surface area (Å²) in [5, 5.41) is 6.89. The smallest absolute Gasteiger partial charge is 0.280 e. The van der Waals surface area contributed by atoms with Crippen LogP contribution in [0.15, 0.2) is 27.6 Å². The highest BCUT2D eigenvalue weighted by molar-refractivity contribution is 9.10. The zero-order valence-electron chi connectivity index (χ0n) is 12.5. The van der Waals surface area contributed by atoms with Gasteiger partial charge in [-0.25, -0.2) is 0 Å². The van der Waals surface area contributed by atoms with E-state index >= 15 is 0 Å². The summed E-state index contributed by atoms with van der Waals surface area (Å²) < 4.78 is 38.0. The number of alkyl halides is 3. The number of hydrogen-bond donors (Lipinski definition) is 1. The van der Waals surface area contributed by atoms with Gasteiger partial charge in [0.25, 0.3) is 0 Å². The fourth-order valence-electron chi connectivity index (χ4n) is 1.90. The molecule has 8 heteroatoms. The van der Waals surface area contributed by atoms with Crippen molar-refractivity contribution in [3.8, 4) is 11.3 Å². The Kier molecular flexibility index (Phi) is 6.08. The molecule has 0 fully saturated rings. The van der Waals surface area contributed by atoms with Gasteiger partial charge in [-0.3, -0.25) is 5.10 Å². The number of halogens is 5. The minimum Gasteiger partial charge on any atom is -0.280 e. The van der Waals surface area contributed by atoms with Crippen LogP contribution >= 0.6 is 39.3 Å². The zero-order valence-corrected chi connectivity index (χ0v) is 15.6. The molecule has 1 aromatic carbocycles. The Morgan fingerprint density at radius 3 is 2.65 bits per heavy atom. The molecule has 0 aliphatic heterocycles. The molecule has 0 bridgehead atoms. The molecule has 1 aromatic heterocycles. The number of benzene rings is 1. The van der Waals surface area contributed by atoms with Crippen molar-refractivity contribution >= 4 is 39.3 Å². The quantitative estimate of drug-likeness (QED) is 0.564. The van der Waals surface area contributed by atoms with Gasteiger partial charge >= 0.3 is 6.18 Å². The maximum atomic E-state index is 12.6. The highest BCUT2D eigenvalue weighted by Gasteiger charge is 2.31. The molecule has 0 amide bonds. The van der Waals surface area contributed by atoms with Crippen LogP contribution in [0, 0.1) is 5.92 Å². The molecule has 0 unspecified atom stereocenters. The summed E-state index contributed by atoms with van der Waals surface area (Å²) in [5.74, 6) is 1.48. The van der Waals surface area contributed by atoms with Crippen molar-refractivity contribution in [2.75, 3.05) is 5.75 Å². The third kappa shape index (κ3) is 5.16. The molecule has 0 aliphatic rings. The van der Waals surface area contributed by atoms with Crippen LogP contribution in [-0.4, -0.2) is 22.1 Å². The largest absolute Gasteiger partial charge is 0.394 e. The lowest BCUT2D eigenvalue weighted by Gasteiger charge is -2.08. The van der Waals surface area contributed by atoms with E-state index in [4.69, 9.17) is 11.6 Å². The summed E-state index contributed by atoms with van der Waals surface area (Å²) >= 11 is 11.1. The van der Waals surface area contributed by atoms with Crippen molar-refractivity contribution in [1.29, 1.82) is 0 Å². The van der Waals surface area contributed by atoms with Crippen LogP contribution in [0.25, 0.3) is 11.3 Å². The van der Waals surface area contributed by atoms with E-state index in [2.05, 4.69) is 40.0 Å². The van der Waals surface area contributed by atoms with Gasteiger partial charge in [0, 0.05) is 16.2 Å². The lowest BCUT2D eigenvalue weighted by Crippen LogP contribution is -2.12. The first kappa shape index (κ1) is 18.7. The van der Waals surface area contributed by atoms with Crippen LogP contribution in [0.1, 0.15) is 19.5 Å². The van der Waals surface area contributed by atoms with E-state index in [0.717, 1.165) is 10.6 Å². The van der Waals surface area contributed by atoms with E-state index in [-0.39, 0.29) is 5.69 Å². The van der Waals surface area contributed by atoms with Gasteiger partial charge in [0.15, 0.2) is 0 Å². The summed E-state index contributed by atoms with van der Waals surface area (Å²) in [6, 6.07) is 5.49. The summed E-state index contributed by atoms with van der Waals surface area (Å²) in [7, 11) is 0. The first-order valence-electron chi connectivity index (χ1n) is 6.89. The average Bonchev–Trinajstić information content (AvgIpc) is 2.77. The van der Waals surface area contributed by atoms with Crippen LogP contribution in [0.3, 0.4) is 0 Å². The Morgan fingerprint density at radius 2 is 2.04 bits per heavy atom. The van der Waals surface area contributed by atoms with Crippen molar-refractivity contribution in [3.05, 3.63) is 33.4 Å². The number of thioether (sulfide) groups is 1. The number of H-pyrrole nitrogens is 1. The van der Waals surface area contributed by atoms with Gasteiger partial charge in [0.1, 0.15) is 5.69 Å². The van der Waals surface area contributed by atoms with Crippen LogP contribution in [0.4, 0.5) is 13.2 Å². The Morgan fingerprint density at radius 1 is 1.35 bits per heavy atom. The summed E-state index contributed by atoms with van der Waals surface area (Å²) in [4.78, 5) is 1.00. The minimum atomic E-state index is -4.30. The molecule has 126 valence electrons. The van der Waals surface area contributed by atoms with Gasteiger partial charge in [-0.2, -0.15) is 18.3 Å². The zero-order chi connectivity index (χ0) is 17.2. The predicted molar refractivity (Wildman–Crippen MR) is 92.1 cm³/mol. The first-order valence-corrected chi connectivity index (χ1v) is 9.05. The third-order valence-electron chi connectivity index (χ3n) is 2.93. The Labute approximate surface area is 150 Å². The number of hydrogen-bond acceptors (Lipinski definition) is 2. The van der Waals surface area contributed by atoms with Crippen LogP contribution in [-0.2, 0) is 6.42 Å². The van der Waals surface area contributed by atoms with Gasteiger partial charge in [-0.1, -0.05) is 25.4 Å². The number of aromatic nitrogens is 2. The number of rotatable bonds is 5. The van der Waals surface area contributed by atoms with E-state index in [1.807, 2.05) is 12.1 Å². The first-order chi connectivity index (χ1) is 10.7. The van der Waals surface area contributed by atoms with Gasteiger partial charge in [-0.15, -0.1) is 11.8 Å². The van der Waals surface area contributed by atoms with E-state index in [0.29, 0.717) is 26.7 Å². The Hall–Kier alpha value is -0.660. The summed E-state index contributed by atoms with van der Waals surface area (Å²) in [6.07, 6.45) is -5.37. The molecular weight excluding hydrogens is 413 g/mol. The molecule has 0 aliphatic carbocycles. The summed E-state index contributed by atoms with van der Waals surface area (Å²) in [6.45, 7) is 4.25. The molecular formula is C15H15BrClF3N2S. The Balaban J connectivity index is 2.32. The normalized spacial score (nSPS) is 12.2. The topological polar surface area (TPSA) is 28.7 Å². The minimum absolute atomic E-state index is 0.0104. The van der Waals surface area contributed by atoms with Gasteiger partial charge in [0.2, 0.25) is 0 Å². The van der Waals surface area contributed by atoms with E-state index in [9.17, 15) is 13.2 Å². The van der Waals surface area contributed by atoms with Crippen LogP contribution in [0.5, 0.6) is 0 Å². The molecule has 0 saturated carbocycles. The maximum Gasteiger partial charge on any atom is 0.394 e. The molecule has 0 saturated heterocycles. The van der Waals surface area contributed by atoms with Crippen LogP contribution in [0.2, 0.25) is 5.02 Å². The van der Waals surface area contributed by atoms with Gasteiger partial charge in [0.05, 0.1) is 21.6 Å².